The van der Waals surface area contributed by atoms with Crippen molar-refractivity contribution in [2.24, 2.45) is 35.8 Å². The number of azide groups is 7. The van der Waals surface area contributed by atoms with Crippen molar-refractivity contribution >= 4 is 0 Å². The summed E-state index contributed by atoms with van der Waals surface area (Å²) >= 11 is 0. The van der Waals surface area contributed by atoms with Crippen molar-refractivity contribution in [2.45, 2.75) is 156 Å². The first-order valence-corrected chi connectivity index (χ1v) is 27.0. The van der Waals surface area contributed by atoms with E-state index in [0.29, 0.717) is 0 Å². The highest BCUT2D eigenvalue weighted by Gasteiger charge is 2.49. The molecule has 522 valence electrons. The molecule has 19 N–H and O–H groups in total. The van der Waals surface area contributed by atoms with Gasteiger partial charge in [-0.3, -0.25) is 0 Å². The minimum atomic E-state index is -2.93. The smallest absolute Gasteiger partial charge is 0.218 e. The van der Waals surface area contributed by atoms with Gasteiger partial charge >= 0.3 is 0 Å². The van der Waals surface area contributed by atoms with E-state index in [1.54, 1.807) is 0 Å². The molecule has 49 heteroatoms. The second kappa shape index (κ2) is 42.9. The Bertz CT molecular complexity index is 2980. The minimum absolute atomic E-state index is 0.653. The van der Waals surface area contributed by atoms with E-state index in [1.807, 2.05) is 0 Å². The first-order valence-electron chi connectivity index (χ1n) is 27.0. The van der Waals surface area contributed by atoms with Gasteiger partial charge < -0.3 is 140 Å². The number of ether oxygens (including phenoxy) is 9. The highest BCUT2D eigenvalue weighted by Crippen LogP contribution is 2.32. The summed E-state index contributed by atoms with van der Waals surface area (Å²) in [6, 6.07) is 0. The van der Waals surface area contributed by atoms with Gasteiger partial charge in [0.05, 0.1) is 18.8 Å². The lowest BCUT2D eigenvalue weighted by Crippen LogP contribution is -2.61. The molecule has 0 aromatic rings. The summed E-state index contributed by atoms with van der Waals surface area (Å²) in [5, 5.41) is 237. The summed E-state index contributed by atoms with van der Waals surface area (Å²) in [6.45, 7) is -2.32. The van der Waals surface area contributed by atoms with Crippen LogP contribution in [0.1, 0.15) is 38.5 Å². The lowest BCUT2D eigenvalue weighted by atomic mass is 9.98. The van der Waals surface area contributed by atoms with E-state index in [0.717, 1.165) is 6.08 Å². The van der Waals surface area contributed by atoms with Gasteiger partial charge in [0.25, 0.3) is 0 Å². The molecule has 0 amide bonds. The molecule has 3 heterocycles. The number of aliphatic hydroxyl groups excluding tert-OH is 19. The molecule has 3 rings (SSSR count). The molecule has 0 aromatic carbocycles. The van der Waals surface area contributed by atoms with Gasteiger partial charge in [0.15, 0.2) is 70.2 Å². The highest BCUT2D eigenvalue weighted by atomic mass is 16.7. The molecule has 2 bridgehead atoms. The number of fused-ring (bicyclic) bond motifs is 27. The van der Waals surface area contributed by atoms with Crippen molar-refractivity contribution in [3.05, 3.63) is 143 Å². The zero-order chi connectivity index (χ0) is 70.6. The Morgan fingerprint density at radius 2 is 0.691 bits per heavy atom. The van der Waals surface area contributed by atoms with Crippen LogP contribution < -0.4 is 0 Å². The Morgan fingerprint density at radius 1 is 0.351 bits per heavy atom. The van der Waals surface area contributed by atoms with E-state index in [2.05, 4.69) is 76.8 Å². The number of nitrogens with zero attached hydrogens (tertiary/aromatic N) is 21. The average molecular weight is 1350 g/mol. The SMILES string of the molecule is C=CCO/C1=C(/O)C(O)OC(CCN=[N+]=[N-])/C(O)=C(\O)C(O)OC(CCN=[N+]=[N-])/C(O)=C(/O)C(O)OC2C(CN=[N+]=[N-])OC(OC(CCN=[N+]=[N-])/C(O)=C(/O)C(O)OC(CCN=[N+]=[N-])C(O)C(O)C(O)OC(CCN=[N+]=[N-])/C(O)=C(/O)C(O)OC1CCN=[N+]=[N-])C(O)C2O. The maximum Gasteiger partial charge on any atom is 0.218 e. The Hall–Kier alpha value is -9.11. The van der Waals surface area contributed by atoms with E-state index in [4.69, 9.17) is 75.8 Å². The summed E-state index contributed by atoms with van der Waals surface area (Å²) in [6.07, 6.45) is -50.8. The molecule has 49 nitrogen and oxygen atoms in total. The average Bonchev–Trinajstić information content (AvgIpc) is 0.905. The first-order chi connectivity index (χ1) is 44.8. The highest BCUT2D eigenvalue weighted by molar-refractivity contribution is 5.15. The van der Waals surface area contributed by atoms with Gasteiger partial charge in [-0.05, 0) is 77.2 Å². The molecular weight excluding hydrogens is 1280 g/mol. The van der Waals surface area contributed by atoms with Crippen LogP contribution in [0.5, 0.6) is 0 Å². The van der Waals surface area contributed by atoms with E-state index in [9.17, 15) is 103 Å². The van der Waals surface area contributed by atoms with E-state index < -0.39 is 266 Å². The molecule has 0 saturated carbocycles. The summed E-state index contributed by atoms with van der Waals surface area (Å²) in [4.78, 5) is 17.7. The largest absolute Gasteiger partial charge is 0.506 e. The van der Waals surface area contributed by atoms with Gasteiger partial charge in [-0.1, -0.05) is 48.5 Å². The molecule has 3 aliphatic heterocycles. The summed E-state index contributed by atoms with van der Waals surface area (Å²) in [7, 11) is 0. The van der Waals surface area contributed by atoms with Gasteiger partial charge in [-0.15, -0.1) is 0 Å². The monoisotopic (exact) mass is 1350 g/mol. The Labute approximate surface area is 526 Å². The number of hydrogen-bond donors (Lipinski definition) is 19. The molecule has 0 aliphatic carbocycles. The summed E-state index contributed by atoms with van der Waals surface area (Å²) in [5.41, 5.74) is 63.1. The van der Waals surface area contributed by atoms with Crippen LogP contribution in [0, 0.1) is 0 Å². The molecule has 0 aromatic heterocycles. The van der Waals surface area contributed by atoms with Crippen molar-refractivity contribution in [3.63, 3.8) is 0 Å². The number of rotatable bonds is 23. The fourth-order valence-electron chi connectivity index (χ4n) is 8.11. The van der Waals surface area contributed by atoms with Crippen LogP contribution in [-0.4, -0.2) is 267 Å². The van der Waals surface area contributed by atoms with Crippen molar-refractivity contribution < 1.29 is 140 Å². The van der Waals surface area contributed by atoms with Gasteiger partial charge in [0.1, 0.15) is 67.6 Å². The van der Waals surface area contributed by atoms with Crippen LogP contribution in [0.2, 0.25) is 0 Å². The maximum absolute atomic E-state index is 11.5. The molecule has 1 fully saturated rings. The quantitative estimate of drug-likeness (QED) is 0.0302. The van der Waals surface area contributed by atoms with Crippen LogP contribution in [0.4, 0.5) is 0 Å². The third kappa shape index (κ3) is 25.1. The van der Waals surface area contributed by atoms with Crippen molar-refractivity contribution in [1.29, 1.82) is 0 Å². The van der Waals surface area contributed by atoms with E-state index in [1.165, 1.54) is 0 Å². The summed E-state index contributed by atoms with van der Waals surface area (Å²) < 4.78 is 48.7. The minimum Gasteiger partial charge on any atom is -0.506 e. The molecular formula is C45H69N21O28. The Balaban J connectivity index is 3.15. The molecule has 3 aliphatic rings. The zero-order valence-corrected chi connectivity index (χ0v) is 48.7. The van der Waals surface area contributed by atoms with Crippen LogP contribution >= 0.6 is 0 Å². The number of hydrogen-bond acceptors (Lipinski definition) is 35. The second-order valence-corrected chi connectivity index (χ2v) is 18.9. The van der Waals surface area contributed by atoms with Crippen LogP contribution in [0.3, 0.4) is 0 Å². The van der Waals surface area contributed by atoms with Crippen molar-refractivity contribution in [1.82, 2.24) is 0 Å². The summed E-state index contributed by atoms with van der Waals surface area (Å²) in [5.74, 6) is -15.4. The first kappa shape index (κ1) is 81.0. The van der Waals surface area contributed by atoms with Gasteiger partial charge in [0, 0.05) is 73.7 Å². The lowest BCUT2D eigenvalue weighted by Gasteiger charge is -2.43. The second-order valence-electron chi connectivity index (χ2n) is 18.9. The van der Waals surface area contributed by atoms with E-state index in [-0.39, 0.29) is 0 Å². The van der Waals surface area contributed by atoms with Crippen LogP contribution in [0.15, 0.2) is 106 Å². The normalized spacial score (nSPS) is 35.1. The predicted octanol–water partition coefficient (Wildman–Crippen LogP) is 2.57. The molecule has 94 heavy (non-hydrogen) atoms. The predicted molar refractivity (Wildman–Crippen MR) is 304 cm³/mol. The standard InChI is InChI=1S/C45H69N21O28/c1-2-15-86-37-22(8-14-58-65-51)91-42(83)32(75)25(68)18(4-10-54-61-47)87-39(80)30(73)24(67)17(3-9-53-60-46)88-41(82)33(76)28(71)21(7-13-57-64-50)92-45-35(78)29(72)38(23(93-45)16-59-66-52)94-43(84)34(77)27(70)19(5-11-55-62-48)89-40(81)31(74)26(69)20(6-12-56-63-49)90-44(85)36(37)79/h2,17-24,29-30,35,38-45,67-85H,1,3-16H2/b31-26+,32-25-,33-28-,34-27-,37-36+. The topological polar surface area (TPSA) is 809 Å². The van der Waals surface area contributed by atoms with Crippen molar-refractivity contribution in [3.8, 4) is 0 Å². The van der Waals surface area contributed by atoms with Crippen LogP contribution in [0.25, 0.3) is 73.1 Å². The fraction of sp³-hybridized carbons (Fsp3) is 0.733. The molecule has 0 radical (unpaired) electrons. The third-order valence-electron chi connectivity index (χ3n) is 12.8. The van der Waals surface area contributed by atoms with E-state index >= 15 is 0 Å². The maximum atomic E-state index is 11.5. The molecule has 1 saturated heterocycles. The van der Waals surface area contributed by atoms with Gasteiger partial charge in [-0.2, -0.15) is 0 Å². The van der Waals surface area contributed by atoms with Gasteiger partial charge in [0.2, 0.25) is 31.5 Å². The Morgan fingerprint density at radius 3 is 1.10 bits per heavy atom. The van der Waals surface area contributed by atoms with Crippen molar-refractivity contribution in [2.75, 3.05) is 52.4 Å². The molecule has 19 unspecified atom stereocenters. The fourth-order valence-corrected chi connectivity index (χ4v) is 8.11. The third-order valence-corrected chi connectivity index (χ3v) is 12.8. The lowest BCUT2D eigenvalue weighted by molar-refractivity contribution is -0.323. The number of aliphatic hydroxyl groups is 19. The zero-order valence-electron chi connectivity index (χ0n) is 48.7. The van der Waals surface area contributed by atoms with Crippen LogP contribution in [-0.2, 0) is 42.6 Å². The molecule has 0 spiro atoms. The Kier molecular flexibility index (Phi) is 37.0. The van der Waals surface area contributed by atoms with Gasteiger partial charge in [-0.25, -0.2) is 0 Å². The molecule has 19 atom stereocenters.